The Morgan fingerprint density at radius 1 is 0.673 bits per heavy atom. The summed E-state index contributed by atoms with van der Waals surface area (Å²) in [6.07, 6.45) is 0. The van der Waals surface area contributed by atoms with Gasteiger partial charge >= 0.3 is 23.9 Å². The minimum atomic E-state index is -1.35. The predicted octanol–water partition coefficient (Wildman–Crippen LogP) is 4.02. The van der Waals surface area contributed by atoms with Crippen LogP contribution in [0.5, 0.6) is 0 Å². The lowest BCUT2D eigenvalue weighted by Crippen LogP contribution is -2.33. The van der Waals surface area contributed by atoms with Gasteiger partial charge in [0, 0.05) is 47.1 Å². The highest BCUT2D eigenvalue weighted by atomic mass is 16.6. The highest BCUT2D eigenvalue weighted by Gasteiger charge is 2.40. The van der Waals surface area contributed by atoms with E-state index in [1.807, 2.05) is 0 Å². The number of nitro benzene ring substituents is 2. The smallest absolute Gasteiger partial charge is 0.336 e. The van der Waals surface area contributed by atoms with Gasteiger partial charge < -0.3 is 30.0 Å². The van der Waals surface area contributed by atoms with Gasteiger partial charge in [0.15, 0.2) is 0 Å². The summed E-state index contributed by atoms with van der Waals surface area (Å²) in [6, 6.07) is 10.7. The number of non-ortho nitro benzene ring substituents is 2. The number of nitrogens with one attached hydrogen (secondary N) is 2. The topological polar surface area (TPSA) is 227 Å². The SMILES string of the molecule is COC(=O)C1=C(C)NC(C)=C(C(=O)OCCOC(=O)C2=C(C)NC(C)=C(C(=O)O)[C@H]2c2cccc([N+](=O)[O-])c2)C1c1cccc([N+](=O)[O-])c1. The molecule has 4 rings (SSSR count). The van der Waals surface area contributed by atoms with Gasteiger partial charge in [0.05, 0.1) is 51.1 Å². The zero-order chi connectivity index (χ0) is 36.2. The molecule has 49 heavy (non-hydrogen) atoms. The number of rotatable bonds is 11. The third kappa shape index (κ3) is 7.32. The number of allylic oxidation sites excluding steroid dienone is 4. The van der Waals surface area contributed by atoms with Crippen LogP contribution in [0, 0.1) is 20.2 Å². The summed E-state index contributed by atoms with van der Waals surface area (Å²) in [5.74, 6) is -6.34. The lowest BCUT2D eigenvalue weighted by atomic mass is 9.80. The molecule has 0 spiro atoms. The number of nitro groups is 2. The van der Waals surface area contributed by atoms with E-state index in [0.29, 0.717) is 11.4 Å². The molecule has 0 fully saturated rings. The van der Waals surface area contributed by atoms with E-state index in [1.54, 1.807) is 13.8 Å². The van der Waals surface area contributed by atoms with Crippen molar-refractivity contribution in [2.45, 2.75) is 39.5 Å². The number of ether oxygens (including phenoxy) is 3. The summed E-state index contributed by atoms with van der Waals surface area (Å²) in [7, 11) is 1.16. The molecule has 2 aromatic rings. The highest BCUT2D eigenvalue weighted by molar-refractivity contribution is 6.00. The van der Waals surface area contributed by atoms with Crippen molar-refractivity contribution in [3.63, 3.8) is 0 Å². The van der Waals surface area contributed by atoms with Crippen molar-refractivity contribution in [2.75, 3.05) is 20.3 Å². The van der Waals surface area contributed by atoms with Crippen LogP contribution < -0.4 is 10.6 Å². The molecule has 2 heterocycles. The second-order valence-corrected chi connectivity index (χ2v) is 11.0. The van der Waals surface area contributed by atoms with Crippen LogP contribution in [0.3, 0.4) is 0 Å². The van der Waals surface area contributed by atoms with E-state index >= 15 is 0 Å². The van der Waals surface area contributed by atoms with Crippen LogP contribution in [0.4, 0.5) is 11.4 Å². The van der Waals surface area contributed by atoms with Crippen LogP contribution in [0.25, 0.3) is 0 Å². The molecule has 0 radical (unpaired) electrons. The average Bonchev–Trinajstić information content (AvgIpc) is 3.05. The van der Waals surface area contributed by atoms with E-state index in [2.05, 4.69) is 10.6 Å². The Morgan fingerprint density at radius 2 is 1.04 bits per heavy atom. The van der Waals surface area contributed by atoms with E-state index in [9.17, 15) is 44.5 Å². The zero-order valence-corrected chi connectivity index (χ0v) is 27.0. The van der Waals surface area contributed by atoms with E-state index in [0.717, 1.165) is 7.11 Å². The van der Waals surface area contributed by atoms with Gasteiger partial charge in [-0.25, -0.2) is 19.2 Å². The van der Waals surface area contributed by atoms with Crippen molar-refractivity contribution < 1.29 is 48.3 Å². The van der Waals surface area contributed by atoms with Crippen molar-refractivity contribution in [2.24, 2.45) is 0 Å². The highest BCUT2D eigenvalue weighted by Crippen LogP contribution is 2.41. The molecule has 3 N–H and O–H groups in total. The van der Waals surface area contributed by atoms with Gasteiger partial charge in [0.1, 0.15) is 13.2 Å². The fourth-order valence-electron chi connectivity index (χ4n) is 5.92. The molecule has 2 aliphatic heterocycles. The number of nitrogens with zero attached hydrogens (tertiary/aromatic N) is 2. The lowest BCUT2D eigenvalue weighted by Gasteiger charge is -2.30. The van der Waals surface area contributed by atoms with Gasteiger partial charge in [-0.2, -0.15) is 0 Å². The molecule has 0 saturated carbocycles. The maximum Gasteiger partial charge on any atom is 0.336 e. The molecule has 256 valence electrons. The van der Waals surface area contributed by atoms with Crippen molar-refractivity contribution in [1.29, 1.82) is 0 Å². The van der Waals surface area contributed by atoms with Crippen LogP contribution in [0.1, 0.15) is 50.7 Å². The van der Waals surface area contributed by atoms with Crippen LogP contribution in [-0.4, -0.2) is 59.2 Å². The molecule has 16 heteroatoms. The number of aliphatic carboxylic acids is 1. The first kappa shape index (κ1) is 35.5. The number of hydrogen-bond donors (Lipinski definition) is 3. The van der Waals surface area contributed by atoms with Gasteiger partial charge in [-0.05, 0) is 38.8 Å². The Bertz CT molecular complexity index is 1910. The maximum absolute atomic E-state index is 13.5. The van der Waals surface area contributed by atoms with E-state index in [-0.39, 0.29) is 56.2 Å². The second kappa shape index (κ2) is 14.6. The zero-order valence-electron chi connectivity index (χ0n) is 27.0. The molecule has 2 atom stereocenters. The molecule has 0 saturated heterocycles. The monoisotopic (exact) mass is 676 g/mol. The standard InChI is InChI=1S/C33H32N4O12/c1-16-24(30(38)39)28(20-8-6-10-22(14-20)36(43)44)26(18(3)34-16)32(41)48-12-13-49-33(42)27-19(4)35-17(2)25(31(40)47-5)29(27)21-9-7-11-23(15-21)37(45)46/h6-11,14-15,28-29,34-35H,12-13H2,1-5H3,(H,38,39)/t28-,29?/m1/s1. The molecule has 2 aliphatic rings. The Kier molecular flexibility index (Phi) is 10.6. The summed E-state index contributed by atoms with van der Waals surface area (Å²) < 4.78 is 15.8. The first-order valence-electron chi connectivity index (χ1n) is 14.7. The number of esters is 3. The summed E-state index contributed by atoms with van der Waals surface area (Å²) in [4.78, 5) is 73.9. The Hall–Kier alpha value is -6.32. The molecule has 0 aromatic heterocycles. The third-order valence-electron chi connectivity index (χ3n) is 7.97. The van der Waals surface area contributed by atoms with Crippen LogP contribution in [0.2, 0.25) is 0 Å². The first-order chi connectivity index (χ1) is 23.2. The van der Waals surface area contributed by atoms with Crippen molar-refractivity contribution in [3.8, 4) is 0 Å². The Morgan fingerprint density at radius 3 is 1.41 bits per heavy atom. The van der Waals surface area contributed by atoms with Gasteiger partial charge in [0.2, 0.25) is 0 Å². The number of dihydropyridines is 2. The normalized spacial score (nSPS) is 17.6. The Labute approximate surface area is 279 Å². The Balaban J connectivity index is 1.57. The summed E-state index contributed by atoms with van der Waals surface area (Å²) in [5, 5.41) is 38.8. The molecule has 0 bridgehead atoms. The van der Waals surface area contributed by atoms with Gasteiger partial charge in [-0.15, -0.1) is 0 Å². The van der Waals surface area contributed by atoms with Crippen LogP contribution >= 0.6 is 0 Å². The molecule has 0 amide bonds. The fraction of sp³-hybridized carbons (Fsp3) is 0.273. The molecular weight excluding hydrogens is 644 g/mol. The lowest BCUT2D eigenvalue weighted by molar-refractivity contribution is -0.385. The van der Waals surface area contributed by atoms with Crippen molar-refractivity contribution in [1.82, 2.24) is 10.6 Å². The third-order valence-corrected chi connectivity index (χ3v) is 7.97. The first-order valence-corrected chi connectivity index (χ1v) is 14.7. The van der Waals surface area contributed by atoms with Crippen LogP contribution in [0.15, 0.2) is 93.6 Å². The predicted molar refractivity (Wildman–Crippen MR) is 170 cm³/mol. The number of carbonyl (C=O) groups is 4. The van der Waals surface area contributed by atoms with Crippen LogP contribution in [-0.2, 0) is 33.4 Å². The summed E-state index contributed by atoms with van der Waals surface area (Å²) in [5.41, 5.74) is 0.678. The molecule has 0 aliphatic carbocycles. The quantitative estimate of drug-likeness (QED) is 0.100. The number of methoxy groups -OCH3 is 1. The minimum Gasteiger partial charge on any atom is -0.478 e. The van der Waals surface area contributed by atoms with Gasteiger partial charge in [-0.1, -0.05) is 24.3 Å². The van der Waals surface area contributed by atoms with E-state index in [1.165, 1.54) is 62.4 Å². The number of hydrogen-bond acceptors (Lipinski definition) is 13. The fourth-order valence-corrected chi connectivity index (χ4v) is 5.92. The molecule has 2 aromatic carbocycles. The summed E-state index contributed by atoms with van der Waals surface area (Å²) in [6.45, 7) is 5.23. The minimum absolute atomic E-state index is 0.0314. The number of carboxylic acids is 1. The van der Waals surface area contributed by atoms with Gasteiger partial charge in [-0.3, -0.25) is 20.2 Å². The second-order valence-electron chi connectivity index (χ2n) is 11.0. The van der Waals surface area contributed by atoms with E-state index in [4.69, 9.17) is 14.2 Å². The van der Waals surface area contributed by atoms with Gasteiger partial charge in [0.25, 0.3) is 11.4 Å². The average molecular weight is 677 g/mol. The van der Waals surface area contributed by atoms with E-state index < -0.39 is 58.8 Å². The number of benzene rings is 2. The molecular formula is C33H32N4O12. The molecule has 1 unspecified atom stereocenters. The molecule has 16 nitrogen and oxygen atoms in total. The van der Waals surface area contributed by atoms with Crippen molar-refractivity contribution in [3.05, 3.63) is 125 Å². The number of carbonyl (C=O) groups excluding carboxylic acids is 3. The number of carboxylic acid groups (broad SMARTS) is 1. The summed E-state index contributed by atoms with van der Waals surface area (Å²) >= 11 is 0. The largest absolute Gasteiger partial charge is 0.478 e. The van der Waals surface area contributed by atoms with Crippen molar-refractivity contribution >= 4 is 35.3 Å². The maximum atomic E-state index is 13.5.